The molecule has 0 aromatic heterocycles. The van der Waals surface area contributed by atoms with Crippen LogP contribution in [0, 0.1) is 11.7 Å². The maximum atomic E-state index is 13.8. The molecular formula is C15H23FN2O2S. The molecule has 2 N–H and O–H groups in total. The fourth-order valence-corrected chi connectivity index (χ4v) is 3.33. The second-order valence-corrected chi connectivity index (χ2v) is 7.31. The highest BCUT2D eigenvalue weighted by Crippen LogP contribution is 2.31. The van der Waals surface area contributed by atoms with E-state index in [0.717, 1.165) is 24.9 Å². The Bertz CT molecular complexity index is 571. The van der Waals surface area contributed by atoms with Gasteiger partial charge in [0.15, 0.2) is 0 Å². The Morgan fingerprint density at radius 1 is 1.29 bits per heavy atom. The topological polar surface area (TPSA) is 58.2 Å². The summed E-state index contributed by atoms with van der Waals surface area (Å²) in [4.78, 5) is -0.255. The second kappa shape index (κ2) is 7.33. The van der Waals surface area contributed by atoms with Gasteiger partial charge in [-0.05, 0) is 43.0 Å². The SMILES string of the molecule is CCCNCc1ccc(F)c(S(=O)(=O)NCCC2CC2)c1. The molecule has 1 saturated carbocycles. The van der Waals surface area contributed by atoms with Crippen molar-refractivity contribution in [1.29, 1.82) is 0 Å². The molecule has 0 aliphatic heterocycles. The van der Waals surface area contributed by atoms with Crippen LogP contribution in [0.4, 0.5) is 4.39 Å². The minimum atomic E-state index is -3.76. The molecule has 21 heavy (non-hydrogen) atoms. The Balaban J connectivity index is 2.02. The normalized spacial score (nSPS) is 15.3. The van der Waals surface area contributed by atoms with Gasteiger partial charge in [0, 0.05) is 13.1 Å². The number of benzene rings is 1. The Hall–Kier alpha value is -0.980. The molecule has 1 aliphatic rings. The summed E-state index contributed by atoms with van der Waals surface area (Å²) in [5.41, 5.74) is 0.771. The standard InChI is InChI=1S/C15H23FN2O2S/c1-2-8-17-11-13-5-6-14(16)15(10-13)21(19,20)18-9-7-12-3-4-12/h5-6,10,12,17-18H,2-4,7-9,11H2,1H3. The van der Waals surface area contributed by atoms with Crippen molar-refractivity contribution in [1.82, 2.24) is 10.0 Å². The summed E-state index contributed by atoms with van der Waals surface area (Å²) in [6.07, 6.45) is 4.18. The Kier molecular flexibility index (Phi) is 5.72. The molecule has 0 atom stereocenters. The molecule has 0 radical (unpaired) electrons. The van der Waals surface area contributed by atoms with E-state index < -0.39 is 15.8 Å². The van der Waals surface area contributed by atoms with Gasteiger partial charge in [0.05, 0.1) is 0 Å². The lowest BCUT2D eigenvalue weighted by Crippen LogP contribution is -2.26. The largest absolute Gasteiger partial charge is 0.313 e. The molecule has 0 saturated heterocycles. The third-order valence-corrected chi connectivity index (χ3v) is 5.06. The Morgan fingerprint density at radius 2 is 2.05 bits per heavy atom. The molecule has 0 heterocycles. The lowest BCUT2D eigenvalue weighted by atomic mass is 10.2. The van der Waals surface area contributed by atoms with Crippen LogP contribution >= 0.6 is 0 Å². The highest BCUT2D eigenvalue weighted by atomic mass is 32.2. The maximum Gasteiger partial charge on any atom is 0.243 e. The van der Waals surface area contributed by atoms with Crippen LogP contribution < -0.4 is 10.0 Å². The first-order valence-corrected chi connectivity index (χ1v) is 9.00. The third-order valence-electron chi connectivity index (χ3n) is 3.58. The van der Waals surface area contributed by atoms with Crippen molar-refractivity contribution in [2.24, 2.45) is 5.92 Å². The van der Waals surface area contributed by atoms with Crippen LogP contribution in [0.25, 0.3) is 0 Å². The van der Waals surface area contributed by atoms with Crippen molar-refractivity contribution >= 4 is 10.0 Å². The quantitative estimate of drug-likeness (QED) is 0.688. The van der Waals surface area contributed by atoms with E-state index >= 15 is 0 Å². The van der Waals surface area contributed by atoms with Gasteiger partial charge in [-0.3, -0.25) is 0 Å². The number of hydrogen-bond acceptors (Lipinski definition) is 3. The fourth-order valence-electron chi connectivity index (χ4n) is 2.15. The summed E-state index contributed by atoms with van der Waals surface area (Å²) in [5, 5.41) is 3.18. The molecule has 1 aliphatic carbocycles. The summed E-state index contributed by atoms with van der Waals surface area (Å²) in [6.45, 7) is 3.82. The van der Waals surface area contributed by atoms with Gasteiger partial charge in [0.1, 0.15) is 10.7 Å². The van der Waals surface area contributed by atoms with Crippen LogP contribution in [0.5, 0.6) is 0 Å². The van der Waals surface area contributed by atoms with Crippen molar-refractivity contribution in [3.63, 3.8) is 0 Å². The van der Waals surface area contributed by atoms with Crippen molar-refractivity contribution in [2.45, 2.75) is 44.0 Å². The summed E-state index contributed by atoms with van der Waals surface area (Å²) in [6, 6.07) is 4.25. The molecule has 0 spiro atoms. The summed E-state index contributed by atoms with van der Waals surface area (Å²) >= 11 is 0. The zero-order valence-corrected chi connectivity index (χ0v) is 13.2. The molecule has 1 aromatic carbocycles. The molecule has 0 bridgehead atoms. The van der Waals surface area contributed by atoms with Gasteiger partial charge in [-0.25, -0.2) is 17.5 Å². The number of hydrogen-bond donors (Lipinski definition) is 2. The van der Waals surface area contributed by atoms with E-state index in [0.29, 0.717) is 19.0 Å². The van der Waals surface area contributed by atoms with Gasteiger partial charge in [-0.2, -0.15) is 0 Å². The van der Waals surface area contributed by atoms with Gasteiger partial charge in [-0.1, -0.05) is 25.8 Å². The fraction of sp³-hybridized carbons (Fsp3) is 0.600. The van der Waals surface area contributed by atoms with Gasteiger partial charge < -0.3 is 5.32 Å². The van der Waals surface area contributed by atoms with Crippen molar-refractivity contribution in [3.8, 4) is 0 Å². The average Bonchev–Trinajstić information content (AvgIpc) is 3.25. The number of nitrogens with one attached hydrogen (secondary N) is 2. The Morgan fingerprint density at radius 3 is 2.71 bits per heavy atom. The van der Waals surface area contributed by atoms with Gasteiger partial charge in [0.25, 0.3) is 0 Å². The highest BCUT2D eigenvalue weighted by molar-refractivity contribution is 7.89. The monoisotopic (exact) mass is 314 g/mol. The molecule has 1 aromatic rings. The molecule has 118 valence electrons. The average molecular weight is 314 g/mol. The summed E-state index contributed by atoms with van der Waals surface area (Å²) in [7, 11) is -3.76. The van der Waals surface area contributed by atoms with Crippen LogP contribution in [0.3, 0.4) is 0 Å². The number of sulfonamides is 1. The van der Waals surface area contributed by atoms with E-state index in [1.807, 2.05) is 0 Å². The lowest BCUT2D eigenvalue weighted by Gasteiger charge is -2.10. The van der Waals surface area contributed by atoms with Gasteiger partial charge in [0.2, 0.25) is 10.0 Å². The lowest BCUT2D eigenvalue weighted by molar-refractivity contribution is 0.552. The Labute approximate surface area is 126 Å². The highest BCUT2D eigenvalue weighted by Gasteiger charge is 2.23. The predicted octanol–water partition coefficient (Wildman–Crippen LogP) is 2.40. The van der Waals surface area contributed by atoms with E-state index in [4.69, 9.17) is 0 Å². The molecule has 2 rings (SSSR count). The first-order valence-electron chi connectivity index (χ1n) is 7.51. The summed E-state index contributed by atoms with van der Waals surface area (Å²) < 4.78 is 40.6. The molecule has 1 fully saturated rings. The van der Waals surface area contributed by atoms with E-state index in [2.05, 4.69) is 17.0 Å². The third kappa shape index (κ3) is 5.05. The van der Waals surface area contributed by atoms with E-state index in [1.165, 1.54) is 25.0 Å². The van der Waals surface area contributed by atoms with Crippen LogP contribution in [0.15, 0.2) is 23.1 Å². The minimum Gasteiger partial charge on any atom is -0.313 e. The second-order valence-electron chi connectivity index (χ2n) is 5.57. The molecule has 4 nitrogen and oxygen atoms in total. The molecule has 0 unspecified atom stereocenters. The van der Waals surface area contributed by atoms with Gasteiger partial charge >= 0.3 is 0 Å². The molecular weight excluding hydrogens is 291 g/mol. The van der Waals surface area contributed by atoms with Gasteiger partial charge in [-0.15, -0.1) is 0 Å². The summed E-state index contributed by atoms with van der Waals surface area (Å²) in [5.74, 6) is -0.0599. The van der Waals surface area contributed by atoms with Crippen molar-refractivity contribution in [2.75, 3.05) is 13.1 Å². The zero-order chi connectivity index (χ0) is 15.3. The number of halogens is 1. The predicted molar refractivity (Wildman–Crippen MR) is 80.9 cm³/mol. The zero-order valence-electron chi connectivity index (χ0n) is 12.4. The first kappa shape index (κ1) is 16.4. The van der Waals surface area contributed by atoms with Crippen molar-refractivity contribution < 1.29 is 12.8 Å². The molecule has 0 amide bonds. The van der Waals surface area contributed by atoms with Crippen LogP contribution in [-0.4, -0.2) is 21.5 Å². The first-order chi connectivity index (χ1) is 10.0. The van der Waals surface area contributed by atoms with Crippen LogP contribution in [0.1, 0.15) is 38.2 Å². The van der Waals surface area contributed by atoms with E-state index in [9.17, 15) is 12.8 Å². The van der Waals surface area contributed by atoms with E-state index in [1.54, 1.807) is 6.07 Å². The molecule has 6 heteroatoms. The smallest absolute Gasteiger partial charge is 0.243 e. The minimum absolute atomic E-state index is 0.255. The van der Waals surface area contributed by atoms with Crippen LogP contribution in [0.2, 0.25) is 0 Å². The maximum absolute atomic E-state index is 13.8. The van der Waals surface area contributed by atoms with Crippen LogP contribution in [-0.2, 0) is 16.6 Å². The van der Waals surface area contributed by atoms with E-state index in [-0.39, 0.29) is 4.90 Å². The number of rotatable bonds is 9. The van der Waals surface area contributed by atoms with Crippen molar-refractivity contribution in [3.05, 3.63) is 29.6 Å².